The van der Waals surface area contributed by atoms with E-state index in [9.17, 15) is 4.79 Å². The van der Waals surface area contributed by atoms with E-state index in [2.05, 4.69) is 5.32 Å². The van der Waals surface area contributed by atoms with Crippen molar-refractivity contribution in [3.63, 3.8) is 0 Å². The Labute approximate surface area is 116 Å². The number of methoxy groups -OCH3 is 1. The molecule has 19 heavy (non-hydrogen) atoms. The summed E-state index contributed by atoms with van der Waals surface area (Å²) in [5.41, 5.74) is 6.25. The van der Waals surface area contributed by atoms with Crippen LogP contribution in [0.15, 0.2) is 0 Å². The number of nitrogens with one attached hydrogen (secondary N) is 1. The van der Waals surface area contributed by atoms with Crippen molar-refractivity contribution in [3.8, 4) is 6.07 Å². The van der Waals surface area contributed by atoms with Crippen molar-refractivity contribution in [1.29, 1.82) is 5.26 Å². The van der Waals surface area contributed by atoms with Gasteiger partial charge in [0.15, 0.2) is 0 Å². The molecule has 0 fully saturated rings. The van der Waals surface area contributed by atoms with Crippen molar-refractivity contribution in [2.24, 2.45) is 0 Å². The van der Waals surface area contributed by atoms with Gasteiger partial charge >= 0.3 is 5.97 Å². The largest absolute Gasteiger partial charge is 0.462 e. The van der Waals surface area contributed by atoms with E-state index in [0.29, 0.717) is 11.6 Å². The molecular weight excluding hydrogens is 266 g/mol. The number of esters is 1. The van der Waals surface area contributed by atoms with Gasteiger partial charge in [-0.25, -0.2) is 4.79 Å². The Morgan fingerprint density at radius 1 is 1.63 bits per heavy atom. The zero-order valence-corrected chi connectivity index (χ0v) is 12.0. The summed E-state index contributed by atoms with van der Waals surface area (Å²) in [7, 11) is 1.59. The van der Waals surface area contributed by atoms with E-state index in [1.54, 1.807) is 14.0 Å². The number of ether oxygens (including phenoxy) is 2. The average molecular weight is 283 g/mol. The van der Waals surface area contributed by atoms with E-state index in [1.165, 1.54) is 0 Å². The lowest BCUT2D eigenvalue weighted by Gasteiger charge is -2.12. The van der Waals surface area contributed by atoms with Crippen LogP contribution in [-0.4, -0.2) is 32.3 Å². The fraction of sp³-hybridized carbons (Fsp3) is 0.500. The van der Waals surface area contributed by atoms with Crippen LogP contribution >= 0.6 is 11.3 Å². The highest BCUT2D eigenvalue weighted by Gasteiger charge is 2.22. The van der Waals surface area contributed by atoms with E-state index >= 15 is 0 Å². The second-order valence-corrected chi connectivity index (χ2v) is 4.90. The van der Waals surface area contributed by atoms with Crippen LogP contribution in [0.1, 0.15) is 29.1 Å². The third-order valence-electron chi connectivity index (χ3n) is 2.31. The molecule has 1 rings (SSSR count). The number of anilines is 2. The number of carbonyl (C=O) groups is 1. The topological polar surface area (TPSA) is 97.4 Å². The highest BCUT2D eigenvalue weighted by molar-refractivity contribution is 7.18. The fourth-order valence-corrected chi connectivity index (χ4v) is 2.60. The van der Waals surface area contributed by atoms with E-state index in [1.807, 2.05) is 13.0 Å². The molecule has 1 aromatic heterocycles. The highest BCUT2D eigenvalue weighted by Crippen LogP contribution is 2.36. The summed E-state index contributed by atoms with van der Waals surface area (Å²) in [5.74, 6) is -0.506. The quantitative estimate of drug-likeness (QED) is 0.773. The molecule has 0 amide bonds. The van der Waals surface area contributed by atoms with E-state index in [4.69, 9.17) is 20.5 Å². The van der Waals surface area contributed by atoms with Gasteiger partial charge < -0.3 is 20.5 Å². The number of hydrogen-bond acceptors (Lipinski definition) is 7. The SMILES string of the molecule is CCOC(=O)c1sc(NC(C)COC)c(C#N)c1N. The van der Waals surface area contributed by atoms with Crippen molar-refractivity contribution in [2.75, 3.05) is 31.4 Å². The maximum atomic E-state index is 11.7. The molecule has 0 aliphatic heterocycles. The monoisotopic (exact) mass is 283 g/mol. The van der Waals surface area contributed by atoms with Gasteiger partial charge in [0.05, 0.1) is 18.9 Å². The normalized spacial score (nSPS) is 11.7. The molecule has 0 saturated heterocycles. The molecule has 0 radical (unpaired) electrons. The van der Waals surface area contributed by atoms with Crippen LogP contribution in [0.4, 0.5) is 10.7 Å². The predicted molar refractivity (Wildman–Crippen MR) is 74.4 cm³/mol. The van der Waals surface area contributed by atoms with Crippen molar-refractivity contribution in [2.45, 2.75) is 19.9 Å². The zero-order chi connectivity index (χ0) is 14.4. The molecule has 7 heteroatoms. The molecule has 1 aromatic rings. The lowest BCUT2D eigenvalue weighted by Crippen LogP contribution is -2.20. The van der Waals surface area contributed by atoms with Gasteiger partial charge in [0.2, 0.25) is 0 Å². The maximum Gasteiger partial charge on any atom is 0.350 e. The molecule has 0 spiro atoms. The van der Waals surface area contributed by atoms with Gasteiger partial charge in [-0.15, -0.1) is 11.3 Å². The summed E-state index contributed by atoms with van der Waals surface area (Å²) in [6.45, 7) is 4.37. The molecule has 0 saturated carbocycles. The Balaban J connectivity index is 3.03. The summed E-state index contributed by atoms with van der Waals surface area (Å²) in [4.78, 5) is 12.0. The van der Waals surface area contributed by atoms with Gasteiger partial charge in [-0.3, -0.25) is 0 Å². The number of carbonyl (C=O) groups excluding carboxylic acids is 1. The van der Waals surface area contributed by atoms with E-state index in [0.717, 1.165) is 11.3 Å². The summed E-state index contributed by atoms with van der Waals surface area (Å²) in [5, 5.41) is 12.8. The molecule has 3 N–H and O–H groups in total. The van der Waals surface area contributed by atoms with Crippen LogP contribution in [0.2, 0.25) is 0 Å². The van der Waals surface area contributed by atoms with Gasteiger partial charge in [-0.1, -0.05) is 0 Å². The Hall–Kier alpha value is -1.78. The van der Waals surface area contributed by atoms with E-state index < -0.39 is 5.97 Å². The van der Waals surface area contributed by atoms with E-state index in [-0.39, 0.29) is 28.8 Å². The molecule has 0 aliphatic rings. The molecule has 6 nitrogen and oxygen atoms in total. The number of nitrogens with zero attached hydrogens (tertiary/aromatic N) is 1. The van der Waals surface area contributed by atoms with Crippen LogP contribution in [0.25, 0.3) is 0 Å². The second-order valence-electron chi connectivity index (χ2n) is 3.88. The smallest absolute Gasteiger partial charge is 0.350 e. The molecule has 0 aliphatic carbocycles. The predicted octanol–water partition coefficient (Wildman–Crippen LogP) is 1.83. The molecule has 104 valence electrons. The Kier molecular flexibility index (Phi) is 5.60. The number of thiophene rings is 1. The maximum absolute atomic E-state index is 11.7. The number of nitriles is 1. The molecular formula is C12H17N3O3S. The molecule has 1 atom stereocenters. The lowest BCUT2D eigenvalue weighted by atomic mass is 10.2. The summed E-state index contributed by atoms with van der Waals surface area (Å²) >= 11 is 1.12. The molecule has 1 heterocycles. The van der Waals surface area contributed by atoms with Gasteiger partial charge in [-0.05, 0) is 13.8 Å². The molecule has 0 bridgehead atoms. The Bertz CT molecular complexity index is 493. The van der Waals surface area contributed by atoms with Gasteiger partial charge in [-0.2, -0.15) is 5.26 Å². The summed E-state index contributed by atoms with van der Waals surface area (Å²) in [6.07, 6.45) is 0. The summed E-state index contributed by atoms with van der Waals surface area (Å²) in [6, 6.07) is 2.01. The first-order chi connectivity index (χ1) is 9.04. The second kappa shape index (κ2) is 6.97. The number of nitrogens with two attached hydrogens (primary N) is 1. The van der Waals surface area contributed by atoms with Gasteiger partial charge in [0.1, 0.15) is 21.5 Å². The van der Waals surface area contributed by atoms with Crippen molar-refractivity contribution in [3.05, 3.63) is 10.4 Å². The lowest BCUT2D eigenvalue weighted by molar-refractivity contribution is 0.0533. The fourth-order valence-electron chi connectivity index (χ4n) is 1.52. The minimum atomic E-state index is -0.506. The average Bonchev–Trinajstić information content (AvgIpc) is 2.66. The molecule has 1 unspecified atom stereocenters. The van der Waals surface area contributed by atoms with Gasteiger partial charge in [0.25, 0.3) is 0 Å². The Morgan fingerprint density at radius 3 is 2.84 bits per heavy atom. The van der Waals surface area contributed by atoms with Crippen LogP contribution in [0.3, 0.4) is 0 Å². The van der Waals surface area contributed by atoms with Crippen LogP contribution < -0.4 is 11.1 Å². The number of rotatable bonds is 6. The first-order valence-corrected chi connectivity index (χ1v) is 6.61. The zero-order valence-electron chi connectivity index (χ0n) is 11.1. The van der Waals surface area contributed by atoms with Gasteiger partial charge in [0, 0.05) is 13.2 Å². The third-order valence-corrected chi connectivity index (χ3v) is 3.43. The first-order valence-electron chi connectivity index (χ1n) is 5.80. The van der Waals surface area contributed by atoms with Crippen molar-refractivity contribution in [1.82, 2.24) is 0 Å². The minimum absolute atomic E-state index is 0.00481. The van der Waals surface area contributed by atoms with Crippen LogP contribution in [0.5, 0.6) is 0 Å². The third kappa shape index (κ3) is 3.59. The number of nitrogen functional groups attached to an aromatic ring is 1. The van der Waals surface area contributed by atoms with Crippen molar-refractivity contribution < 1.29 is 14.3 Å². The van der Waals surface area contributed by atoms with Crippen LogP contribution in [-0.2, 0) is 9.47 Å². The highest BCUT2D eigenvalue weighted by atomic mass is 32.1. The minimum Gasteiger partial charge on any atom is -0.462 e. The first kappa shape index (κ1) is 15.3. The summed E-state index contributed by atoms with van der Waals surface area (Å²) < 4.78 is 9.91. The molecule has 0 aromatic carbocycles. The Morgan fingerprint density at radius 2 is 2.32 bits per heavy atom. The number of hydrogen-bond donors (Lipinski definition) is 2. The van der Waals surface area contributed by atoms with Crippen molar-refractivity contribution >= 4 is 28.0 Å². The standard InChI is InChI=1S/C12H17N3O3S/c1-4-18-12(16)10-9(14)8(5-13)11(19-10)15-7(2)6-17-3/h7,15H,4,6,14H2,1-3H3. The van der Waals surface area contributed by atoms with Crippen LogP contribution in [0, 0.1) is 11.3 Å².